The van der Waals surface area contributed by atoms with Crippen molar-refractivity contribution < 1.29 is 13.2 Å². The summed E-state index contributed by atoms with van der Waals surface area (Å²) in [5.41, 5.74) is 1.42. The third-order valence-corrected chi connectivity index (χ3v) is 4.07. The van der Waals surface area contributed by atoms with E-state index in [1.54, 1.807) is 23.1 Å². The zero-order chi connectivity index (χ0) is 14.0. The smallest absolute Gasteiger partial charge is 0.371 e. The van der Waals surface area contributed by atoms with E-state index in [1.807, 2.05) is 0 Å². The molecule has 0 spiro atoms. The van der Waals surface area contributed by atoms with Crippen molar-refractivity contribution in [1.82, 2.24) is 0 Å². The van der Waals surface area contributed by atoms with E-state index in [0.717, 1.165) is 5.69 Å². The highest BCUT2D eigenvalue weighted by Crippen LogP contribution is 2.37. The van der Waals surface area contributed by atoms with Crippen LogP contribution in [0, 0.1) is 5.92 Å². The van der Waals surface area contributed by atoms with Crippen LogP contribution < -0.4 is 4.90 Å². The highest BCUT2D eigenvalue weighted by molar-refractivity contribution is 6.32. The quantitative estimate of drug-likeness (QED) is 0.705. The highest BCUT2D eigenvalue weighted by Gasteiger charge is 2.42. The normalized spacial score (nSPS) is 20.7. The van der Waals surface area contributed by atoms with Crippen LogP contribution >= 0.6 is 23.2 Å². The first kappa shape index (κ1) is 14.8. The molecule has 106 valence electrons. The van der Waals surface area contributed by atoms with Crippen molar-refractivity contribution in [3.05, 3.63) is 28.8 Å². The number of piperidine rings is 1. The molecular weight excluding hydrogens is 298 g/mol. The van der Waals surface area contributed by atoms with E-state index in [0.29, 0.717) is 23.6 Å². The van der Waals surface area contributed by atoms with Crippen LogP contribution in [-0.4, -0.2) is 19.3 Å². The Morgan fingerprint density at radius 3 is 2.68 bits per heavy atom. The van der Waals surface area contributed by atoms with Crippen molar-refractivity contribution in [3.63, 3.8) is 0 Å². The van der Waals surface area contributed by atoms with Crippen LogP contribution in [0.2, 0.25) is 5.02 Å². The maximum atomic E-state index is 12.8. The van der Waals surface area contributed by atoms with Gasteiger partial charge in [-0.3, -0.25) is 0 Å². The first-order valence-electron chi connectivity index (χ1n) is 6.08. The molecule has 1 nitrogen and oxygen atoms in total. The first-order valence-corrected chi connectivity index (χ1v) is 6.99. The van der Waals surface area contributed by atoms with Gasteiger partial charge in [0.15, 0.2) is 0 Å². The Balaban J connectivity index is 2.25. The van der Waals surface area contributed by atoms with Crippen LogP contribution in [-0.2, 0) is 5.88 Å². The molecule has 0 aliphatic carbocycles. The molecule has 19 heavy (non-hydrogen) atoms. The SMILES string of the molecule is FC(F)(F)C1CCCN(c2cccc(Cl)c2CCl)C1. The molecule has 2 rings (SSSR count). The maximum absolute atomic E-state index is 12.8. The molecule has 0 aromatic heterocycles. The van der Waals surface area contributed by atoms with Gasteiger partial charge in [-0.25, -0.2) is 0 Å². The number of rotatable bonds is 2. The molecule has 1 saturated heterocycles. The fraction of sp³-hybridized carbons (Fsp3) is 0.538. The van der Waals surface area contributed by atoms with Crippen molar-refractivity contribution in [3.8, 4) is 0 Å². The minimum atomic E-state index is -4.14. The molecule has 1 unspecified atom stereocenters. The summed E-state index contributed by atoms with van der Waals surface area (Å²) in [6, 6.07) is 5.22. The summed E-state index contributed by atoms with van der Waals surface area (Å²) in [5.74, 6) is -1.08. The Morgan fingerprint density at radius 1 is 1.32 bits per heavy atom. The van der Waals surface area contributed by atoms with Gasteiger partial charge in [0.25, 0.3) is 0 Å². The summed E-state index contributed by atoms with van der Waals surface area (Å²) in [6.07, 6.45) is -3.42. The molecule has 1 aliphatic heterocycles. The third kappa shape index (κ3) is 3.29. The second-order valence-corrected chi connectivity index (χ2v) is 5.37. The lowest BCUT2D eigenvalue weighted by molar-refractivity contribution is -0.175. The molecule has 1 atom stereocenters. The molecular formula is C13H14Cl2F3N. The average Bonchev–Trinajstić information content (AvgIpc) is 2.37. The molecule has 0 bridgehead atoms. The van der Waals surface area contributed by atoms with Crippen LogP contribution in [0.25, 0.3) is 0 Å². The Morgan fingerprint density at radius 2 is 2.05 bits per heavy atom. The van der Waals surface area contributed by atoms with Gasteiger partial charge in [-0.15, -0.1) is 11.6 Å². The summed E-state index contributed by atoms with van der Waals surface area (Å²) < 4.78 is 38.4. The van der Waals surface area contributed by atoms with Crippen LogP contribution in [0.4, 0.5) is 18.9 Å². The lowest BCUT2D eigenvalue weighted by Crippen LogP contribution is -2.42. The molecule has 6 heteroatoms. The lowest BCUT2D eigenvalue weighted by atomic mass is 9.96. The minimum absolute atomic E-state index is 0.0201. The van der Waals surface area contributed by atoms with Gasteiger partial charge in [-0.2, -0.15) is 13.2 Å². The fourth-order valence-corrected chi connectivity index (χ4v) is 3.02. The van der Waals surface area contributed by atoms with Gasteiger partial charge in [0.05, 0.1) is 11.8 Å². The fourth-order valence-electron chi connectivity index (χ4n) is 2.44. The molecule has 0 N–H and O–H groups in total. The zero-order valence-electron chi connectivity index (χ0n) is 10.2. The number of alkyl halides is 4. The zero-order valence-corrected chi connectivity index (χ0v) is 11.7. The van der Waals surface area contributed by atoms with Gasteiger partial charge in [-0.1, -0.05) is 17.7 Å². The number of nitrogens with zero attached hydrogens (tertiary/aromatic N) is 1. The van der Waals surface area contributed by atoms with Crippen molar-refractivity contribution >= 4 is 28.9 Å². The van der Waals surface area contributed by atoms with Gasteiger partial charge in [-0.05, 0) is 25.0 Å². The van der Waals surface area contributed by atoms with Gasteiger partial charge in [0, 0.05) is 29.4 Å². The highest BCUT2D eigenvalue weighted by atomic mass is 35.5. The standard InChI is InChI=1S/C13H14Cl2F3N/c14-7-10-11(15)4-1-5-12(10)19-6-2-3-9(8-19)13(16,17)18/h1,4-5,9H,2-3,6-8H2. The number of anilines is 1. The van der Waals surface area contributed by atoms with E-state index in [9.17, 15) is 13.2 Å². The van der Waals surface area contributed by atoms with E-state index >= 15 is 0 Å². The lowest BCUT2D eigenvalue weighted by Gasteiger charge is -2.36. The molecule has 1 heterocycles. The van der Waals surface area contributed by atoms with Crippen LogP contribution in [0.3, 0.4) is 0 Å². The van der Waals surface area contributed by atoms with Gasteiger partial charge in [0.2, 0.25) is 0 Å². The summed E-state index contributed by atoms with van der Waals surface area (Å²) >= 11 is 11.9. The molecule has 0 amide bonds. The summed E-state index contributed by atoms with van der Waals surface area (Å²) in [4.78, 5) is 1.74. The molecule has 1 aromatic rings. The van der Waals surface area contributed by atoms with Gasteiger partial charge < -0.3 is 4.90 Å². The molecule has 0 radical (unpaired) electrons. The van der Waals surface area contributed by atoms with Crippen LogP contribution in [0.5, 0.6) is 0 Å². The van der Waals surface area contributed by atoms with E-state index in [-0.39, 0.29) is 18.8 Å². The Kier molecular flexibility index (Phi) is 4.51. The number of halogens is 5. The Hall–Kier alpha value is -0.610. The van der Waals surface area contributed by atoms with Gasteiger partial charge >= 0.3 is 6.18 Å². The molecule has 1 fully saturated rings. The number of hydrogen-bond donors (Lipinski definition) is 0. The van der Waals surface area contributed by atoms with Crippen LogP contribution in [0.1, 0.15) is 18.4 Å². The average molecular weight is 312 g/mol. The summed E-state index contributed by atoms with van der Waals surface area (Å²) in [5, 5.41) is 0.502. The number of benzene rings is 1. The van der Waals surface area contributed by atoms with Gasteiger partial charge in [0.1, 0.15) is 0 Å². The van der Waals surface area contributed by atoms with Crippen molar-refractivity contribution in [2.45, 2.75) is 24.9 Å². The summed E-state index contributed by atoms with van der Waals surface area (Å²) in [7, 11) is 0. The summed E-state index contributed by atoms with van der Waals surface area (Å²) in [6.45, 7) is 0.588. The van der Waals surface area contributed by atoms with E-state index in [1.165, 1.54) is 0 Å². The largest absolute Gasteiger partial charge is 0.393 e. The Labute approximate surface area is 120 Å². The first-order chi connectivity index (χ1) is 8.93. The minimum Gasteiger partial charge on any atom is -0.371 e. The third-order valence-electron chi connectivity index (χ3n) is 3.45. The van der Waals surface area contributed by atoms with Crippen molar-refractivity contribution in [2.75, 3.05) is 18.0 Å². The second kappa shape index (κ2) is 5.80. The topological polar surface area (TPSA) is 3.24 Å². The Bertz CT molecular complexity index is 448. The van der Waals surface area contributed by atoms with E-state index in [2.05, 4.69) is 0 Å². The predicted octanol–water partition coefficient (Wildman–Crippen LogP) is 4.86. The number of hydrogen-bond acceptors (Lipinski definition) is 1. The molecule has 1 aliphatic rings. The second-order valence-electron chi connectivity index (χ2n) is 4.70. The van der Waals surface area contributed by atoms with Crippen molar-refractivity contribution in [1.29, 1.82) is 0 Å². The predicted molar refractivity (Wildman–Crippen MR) is 72.0 cm³/mol. The van der Waals surface area contributed by atoms with Crippen molar-refractivity contribution in [2.24, 2.45) is 5.92 Å². The monoisotopic (exact) mass is 311 g/mol. The van der Waals surface area contributed by atoms with Crippen LogP contribution in [0.15, 0.2) is 18.2 Å². The molecule has 0 saturated carbocycles. The van der Waals surface area contributed by atoms with E-state index in [4.69, 9.17) is 23.2 Å². The maximum Gasteiger partial charge on any atom is 0.393 e. The van der Waals surface area contributed by atoms with E-state index < -0.39 is 12.1 Å². The molecule has 1 aromatic carbocycles.